The number of benzene rings is 4. The molecule has 37 heavy (non-hydrogen) atoms. The van der Waals surface area contributed by atoms with Crippen molar-refractivity contribution >= 4 is 11.7 Å². The third-order valence-corrected chi connectivity index (χ3v) is 7.24. The zero-order valence-electron chi connectivity index (χ0n) is 21.2. The fourth-order valence-electron chi connectivity index (χ4n) is 5.72. The smallest absolute Gasteiger partial charge is 0.341 e. The van der Waals surface area contributed by atoms with Crippen LogP contribution in [0, 0.1) is 5.92 Å². The first kappa shape index (κ1) is 24.6. The van der Waals surface area contributed by atoms with E-state index in [1.807, 2.05) is 12.1 Å². The van der Waals surface area contributed by atoms with Crippen LogP contribution < -0.4 is 9.75 Å². The standard InChI is InChI=1S/C32H32N2O3/c1-3-27-31(23-13-6-4-7-14-23)34(25-16-8-5-9-17-25)33(2)32(27)29-20-11-10-19-28(29)24-15-12-18-26(21-24)37-22-30(35)36/h4-21,27,31-32H,3,22H2,1-2H3,(H,35,36). The minimum absolute atomic E-state index is 0.134. The predicted octanol–water partition coefficient (Wildman–Crippen LogP) is 6.99. The molecule has 1 saturated heterocycles. The van der Waals surface area contributed by atoms with Crippen molar-refractivity contribution in [3.63, 3.8) is 0 Å². The van der Waals surface area contributed by atoms with Gasteiger partial charge in [-0.3, -0.25) is 5.01 Å². The molecule has 0 aromatic heterocycles. The first-order chi connectivity index (χ1) is 18.1. The number of rotatable bonds is 8. The molecule has 1 fully saturated rings. The number of hydrogen-bond donors (Lipinski definition) is 1. The monoisotopic (exact) mass is 492 g/mol. The molecular formula is C32H32N2O3. The summed E-state index contributed by atoms with van der Waals surface area (Å²) in [5.41, 5.74) is 5.85. The number of para-hydroxylation sites is 1. The Bertz CT molecular complexity index is 1340. The van der Waals surface area contributed by atoms with E-state index in [-0.39, 0.29) is 18.7 Å². The Kier molecular flexibility index (Phi) is 7.24. The van der Waals surface area contributed by atoms with Gasteiger partial charge >= 0.3 is 5.97 Å². The zero-order valence-corrected chi connectivity index (χ0v) is 21.2. The number of carboxylic acids is 1. The fourth-order valence-corrected chi connectivity index (χ4v) is 5.72. The summed E-state index contributed by atoms with van der Waals surface area (Å²) < 4.78 is 5.49. The molecule has 1 aliphatic heterocycles. The van der Waals surface area contributed by atoms with Gasteiger partial charge in [-0.2, -0.15) is 0 Å². The summed E-state index contributed by atoms with van der Waals surface area (Å²) in [5, 5.41) is 13.9. The summed E-state index contributed by atoms with van der Waals surface area (Å²) in [6.07, 6.45) is 1.01. The second-order valence-electron chi connectivity index (χ2n) is 9.42. The second kappa shape index (κ2) is 10.9. The summed E-state index contributed by atoms with van der Waals surface area (Å²) >= 11 is 0. The van der Waals surface area contributed by atoms with E-state index >= 15 is 0 Å². The van der Waals surface area contributed by atoms with E-state index in [2.05, 4.69) is 115 Å². The highest BCUT2D eigenvalue weighted by Crippen LogP contribution is 2.52. The van der Waals surface area contributed by atoms with Gasteiger partial charge in [0, 0.05) is 13.0 Å². The van der Waals surface area contributed by atoms with Gasteiger partial charge in [-0.05, 0) is 52.9 Å². The van der Waals surface area contributed by atoms with Crippen LogP contribution in [0.4, 0.5) is 5.69 Å². The van der Waals surface area contributed by atoms with Gasteiger partial charge in [-0.1, -0.05) is 91.9 Å². The van der Waals surface area contributed by atoms with Crippen molar-refractivity contribution in [2.45, 2.75) is 25.4 Å². The van der Waals surface area contributed by atoms with Crippen LogP contribution in [0.3, 0.4) is 0 Å². The molecule has 4 aromatic rings. The van der Waals surface area contributed by atoms with Crippen molar-refractivity contribution in [1.82, 2.24) is 5.01 Å². The van der Waals surface area contributed by atoms with E-state index in [1.54, 1.807) is 6.07 Å². The highest BCUT2D eigenvalue weighted by Gasteiger charge is 2.47. The summed E-state index contributed by atoms with van der Waals surface area (Å²) in [4.78, 5) is 11.0. The van der Waals surface area contributed by atoms with E-state index in [0.717, 1.165) is 17.5 Å². The van der Waals surface area contributed by atoms with Crippen molar-refractivity contribution in [2.75, 3.05) is 18.7 Å². The average Bonchev–Trinajstić information content (AvgIpc) is 3.24. The number of carboxylic acid groups (broad SMARTS) is 1. The predicted molar refractivity (Wildman–Crippen MR) is 147 cm³/mol. The highest BCUT2D eigenvalue weighted by molar-refractivity contribution is 5.71. The van der Waals surface area contributed by atoms with Crippen LogP contribution in [-0.2, 0) is 4.79 Å². The molecule has 5 nitrogen and oxygen atoms in total. The molecule has 188 valence electrons. The van der Waals surface area contributed by atoms with Gasteiger partial charge < -0.3 is 9.84 Å². The number of ether oxygens (including phenoxy) is 1. The largest absolute Gasteiger partial charge is 0.482 e. The van der Waals surface area contributed by atoms with Crippen molar-refractivity contribution in [2.24, 2.45) is 5.92 Å². The minimum Gasteiger partial charge on any atom is -0.482 e. The van der Waals surface area contributed by atoms with Gasteiger partial charge in [0.15, 0.2) is 6.61 Å². The Morgan fingerprint density at radius 1 is 0.838 bits per heavy atom. The third-order valence-electron chi connectivity index (χ3n) is 7.24. The molecule has 5 heteroatoms. The third kappa shape index (κ3) is 4.95. The van der Waals surface area contributed by atoms with E-state index in [4.69, 9.17) is 9.84 Å². The molecule has 3 atom stereocenters. The quantitative estimate of drug-likeness (QED) is 0.287. The molecule has 1 heterocycles. The lowest BCUT2D eigenvalue weighted by atomic mass is 9.81. The summed E-state index contributed by atoms with van der Waals surface area (Å²) in [6.45, 7) is 1.91. The normalized spacial score (nSPS) is 19.6. The first-order valence-electron chi connectivity index (χ1n) is 12.7. The maximum Gasteiger partial charge on any atom is 0.341 e. The minimum atomic E-state index is -0.989. The van der Waals surface area contributed by atoms with Crippen molar-refractivity contribution in [3.05, 3.63) is 120 Å². The van der Waals surface area contributed by atoms with Gasteiger partial charge in [-0.25, -0.2) is 9.80 Å². The Balaban J connectivity index is 1.61. The molecule has 0 radical (unpaired) electrons. The SMILES string of the molecule is CCC1C(c2ccccc2-c2cccc(OCC(=O)O)c2)N(C)N(c2ccccc2)C1c1ccccc1. The molecule has 1 N–H and O–H groups in total. The summed E-state index contributed by atoms with van der Waals surface area (Å²) in [6, 6.07) is 37.9. The van der Waals surface area contributed by atoms with Crippen molar-refractivity contribution in [3.8, 4) is 16.9 Å². The average molecular weight is 493 g/mol. The Morgan fingerprint density at radius 3 is 2.22 bits per heavy atom. The molecule has 4 aromatic carbocycles. The number of aliphatic carboxylic acids is 1. The van der Waals surface area contributed by atoms with Gasteiger partial charge in [0.25, 0.3) is 0 Å². The van der Waals surface area contributed by atoms with E-state index in [0.29, 0.717) is 11.7 Å². The van der Waals surface area contributed by atoms with Crippen LogP contribution in [-0.4, -0.2) is 29.7 Å². The Morgan fingerprint density at radius 2 is 1.51 bits per heavy atom. The lowest BCUT2D eigenvalue weighted by molar-refractivity contribution is -0.139. The lowest BCUT2D eigenvalue weighted by Crippen LogP contribution is -2.36. The van der Waals surface area contributed by atoms with Crippen LogP contribution in [0.15, 0.2) is 109 Å². The van der Waals surface area contributed by atoms with Crippen molar-refractivity contribution < 1.29 is 14.6 Å². The van der Waals surface area contributed by atoms with E-state index in [9.17, 15) is 4.79 Å². The van der Waals surface area contributed by atoms with Gasteiger partial charge in [-0.15, -0.1) is 0 Å². The topological polar surface area (TPSA) is 53.0 Å². The van der Waals surface area contributed by atoms with Crippen LogP contribution in [0.1, 0.15) is 36.6 Å². The first-order valence-corrected chi connectivity index (χ1v) is 12.7. The van der Waals surface area contributed by atoms with E-state index < -0.39 is 5.97 Å². The van der Waals surface area contributed by atoms with Gasteiger partial charge in [0.05, 0.1) is 17.8 Å². The van der Waals surface area contributed by atoms with Crippen LogP contribution in [0.25, 0.3) is 11.1 Å². The fraction of sp³-hybridized carbons (Fsp3) is 0.219. The maximum absolute atomic E-state index is 11.0. The molecule has 3 unspecified atom stereocenters. The lowest BCUT2D eigenvalue weighted by Gasteiger charge is -2.34. The summed E-state index contributed by atoms with van der Waals surface area (Å²) in [7, 11) is 2.19. The molecular weight excluding hydrogens is 460 g/mol. The molecule has 0 aliphatic carbocycles. The van der Waals surface area contributed by atoms with Crippen LogP contribution in [0.5, 0.6) is 5.75 Å². The van der Waals surface area contributed by atoms with Crippen LogP contribution in [0.2, 0.25) is 0 Å². The molecule has 0 amide bonds. The van der Waals surface area contributed by atoms with E-state index in [1.165, 1.54) is 16.8 Å². The number of nitrogens with zero attached hydrogens (tertiary/aromatic N) is 2. The van der Waals surface area contributed by atoms with Crippen LogP contribution >= 0.6 is 0 Å². The second-order valence-corrected chi connectivity index (χ2v) is 9.42. The number of hydrogen-bond acceptors (Lipinski definition) is 4. The molecule has 0 bridgehead atoms. The highest BCUT2D eigenvalue weighted by atomic mass is 16.5. The van der Waals surface area contributed by atoms with Gasteiger partial charge in [0.1, 0.15) is 5.75 Å². The number of carbonyl (C=O) groups is 1. The van der Waals surface area contributed by atoms with Crippen molar-refractivity contribution in [1.29, 1.82) is 0 Å². The zero-order chi connectivity index (χ0) is 25.8. The molecule has 5 rings (SSSR count). The maximum atomic E-state index is 11.0. The molecule has 0 spiro atoms. The Labute approximate surface area is 218 Å². The molecule has 0 saturated carbocycles. The number of anilines is 1. The molecule has 1 aliphatic rings. The summed E-state index contributed by atoms with van der Waals surface area (Å²) in [5.74, 6) is -0.105. The Hall–Kier alpha value is -4.09. The number of hydrazine groups is 1. The van der Waals surface area contributed by atoms with Gasteiger partial charge in [0.2, 0.25) is 0 Å².